The van der Waals surface area contributed by atoms with E-state index in [0.717, 1.165) is 0 Å². The highest BCUT2D eigenvalue weighted by Gasteiger charge is 2.28. The van der Waals surface area contributed by atoms with Gasteiger partial charge < -0.3 is 9.68 Å². The summed E-state index contributed by atoms with van der Waals surface area (Å²) in [5.74, 6) is -0.203. The van der Waals surface area contributed by atoms with Gasteiger partial charge in [-0.2, -0.15) is 0 Å². The first-order valence-electron chi connectivity index (χ1n) is 4.50. The van der Waals surface area contributed by atoms with E-state index in [1.54, 1.807) is 13.8 Å². The fourth-order valence-electron chi connectivity index (χ4n) is 1.18. The van der Waals surface area contributed by atoms with Crippen LogP contribution >= 0.6 is 0 Å². The van der Waals surface area contributed by atoms with Gasteiger partial charge in [0.05, 0.1) is 0 Å². The first-order chi connectivity index (χ1) is 6.88. The van der Waals surface area contributed by atoms with Gasteiger partial charge in [-0.3, -0.25) is 0 Å². The molecule has 0 aromatic rings. The van der Waals surface area contributed by atoms with Crippen LogP contribution in [0.1, 0.15) is 27.2 Å². The van der Waals surface area contributed by atoms with Gasteiger partial charge >= 0.3 is 0 Å². The van der Waals surface area contributed by atoms with Crippen molar-refractivity contribution in [2.75, 3.05) is 0 Å². The SMILES string of the molecule is CCC(C)[C@@H](O[N+](=O)[O-])[C@@H](C)O[N+](=O)[O-]. The molecule has 0 bridgehead atoms. The quantitative estimate of drug-likeness (QED) is 0.473. The van der Waals surface area contributed by atoms with E-state index >= 15 is 0 Å². The standard InChI is InChI=1S/C7H14N2O6/c1-4-5(2)7(15-9(12)13)6(3)14-8(10)11/h5-7H,4H2,1-3H3/t5?,6-,7-/m1/s1. The molecule has 8 nitrogen and oxygen atoms in total. The maximum atomic E-state index is 10.2. The Balaban J connectivity index is 4.46. The number of hydrogen-bond donors (Lipinski definition) is 0. The van der Waals surface area contributed by atoms with Gasteiger partial charge in [0.15, 0.2) is 0 Å². The van der Waals surface area contributed by atoms with Crippen molar-refractivity contribution >= 4 is 0 Å². The molecule has 3 atom stereocenters. The van der Waals surface area contributed by atoms with Crippen LogP contribution in [0.5, 0.6) is 0 Å². The predicted octanol–water partition coefficient (Wildman–Crippen LogP) is 1.21. The van der Waals surface area contributed by atoms with E-state index in [1.165, 1.54) is 6.92 Å². The van der Waals surface area contributed by atoms with Crippen LogP contribution in [0.25, 0.3) is 0 Å². The molecule has 0 aromatic carbocycles. The Morgan fingerprint density at radius 1 is 1.13 bits per heavy atom. The minimum absolute atomic E-state index is 0.203. The number of hydrogen-bond acceptors (Lipinski definition) is 6. The molecule has 0 saturated heterocycles. The largest absolute Gasteiger partial charge is 0.309 e. The zero-order valence-electron chi connectivity index (χ0n) is 8.78. The Bertz CT molecular complexity index is 234. The van der Waals surface area contributed by atoms with E-state index in [0.29, 0.717) is 6.42 Å². The third kappa shape index (κ3) is 4.99. The molecule has 0 radical (unpaired) electrons. The van der Waals surface area contributed by atoms with E-state index in [4.69, 9.17) is 0 Å². The van der Waals surface area contributed by atoms with Crippen molar-refractivity contribution in [2.24, 2.45) is 5.92 Å². The molecule has 1 unspecified atom stereocenters. The van der Waals surface area contributed by atoms with Crippen LogP contribution in [0.3, 0.4) is 0 Å². The molecular weight excluding hydrogens is 208 g/mol. The van der Waals surface area contributed by atoms with Crippen molar-refractivity contribution in [3.8, 4) is 0 Å². The summed E-state index contributed by atoms with van der Waals surface area (Å²) in [7, 11) is 0. The molecule has 8 heteroatoms. The zero-order chi connectivity index (χ0) is 12.0. The summed E-state index contributed by atoms with van der Waals surface area (Å²) in [4.78, 5) is 28.8. The topological polar surface area (TPSA) is 105 Å². The summed E-state index contributed by atoms with van der Waals surface area (Å²) in [5, 5.41) is 18.3. The van der Waals surface area contributed by atoms with Crippen molar-refractivity contribution in [1.29, 1.82) is 0 Å². The monoisotopic (exact) mass is 222 g/mol. The molecule has 15 heavy (non-hydrogen) atoms. The zero-order valence-corrected chi connectivity index (χ0v) is 8.78. The smallest absolute Gasteiger partial charge is 0.294 e. The van der Waals surface area contributed by atoms with Gasteiger partial charge in [-0.25, -0.2) is 0 Å². The first-order valence-corrected chi connectivity index (χ1v) is 4.50. The second-order valence-corrected chi connectivity index (χ2v) is 3.21. The van der Waals surface area contributed by atoms with Crippen LogP contribution in [0.2, 0.25) is 0 Å². The lowest BCUT2D eigenvalue weighted by molar-refractivity contribution is -0.799. The molecule has 0 N–H and O–H groups in total. The number of rotatable bonds is 7. The summed E-state index contributed by atoms with van der Waals surface area (Å²) in [5.41, 5.74) is 0. The van der Waals surface area contributed by atoms with E-state index in [-0.39, 0.29) is 5.92 Å². The van der Waals surface area contributed by atoms with E-state index in [2.05, 4.69) is 9.68 Å². The molecule has 0 amide bonds. The van der Waals surface area contributed by atoms with E-state index in [1.807, 2.05) is 0 Å². The normalized spacial score (nSPS) is 16.2. The third-order valence-corrected chi connectivity index (χ3v) is 2.13. The summed E-state index contributed by atoms with van der Waals surface area (Å²) in [6, 6.07) is 0. The molecule has 0 aliphatic carbocycles. The van der Waals surface area contributed by atoms with Crippen LogP contribution in [-0.2, 0) is 9.68 Å². The van der Waals surface area contributed by atoms with E-state index < -0.39 is 22.4 Å². The molecule has 0 fully saturated rings. The average Bonchev–Trinajstić information content (AvgIpc) is 2.11. The molecule has 88 valence electrons. The lowest BCUT2D eigenvalue weighted by Gasteiger charge is -2.24. The number of nitrogens with zero attached hydrogens (tertiary/aromatic N) is 2. The Morgan fingerprint density at radius 2 is 1.60 bits per heavy atom. The predicted molar refractivity (Wildman–Crippen MR) is 48.9 cm³/mol. The second-order valence-electron chi connectivity index (χ2n) is 3.21. The average molecular weight is 222 g/mol. The van der Waals surface area contributed by atoms with Gasteiger partial charge in [-0.05, 0) is 12.8 Å². The summed E-state index contributed by atoms with van der Waals surface area (Å²) in [6.45, 7) is 4.87. The molecule has 0 heterocycles. The van der Waals surface area contributed by atoms with Crippen molar-refractivity contribution < 1.29 is 19.8 Å². The van der Waals surface area contributed by atoms with Gasteiger partial charge in [-0.15, -0.1) is 20.2 Å². The Hall–Kier alpha value is -1.60. The van der Waals surface area contributed by atoms with Crippen LogP contribution in [0.4, 0.5) is 0 Å². The van der Waals surface area contributed by atoms with Crippen LogP contribution < -0.4 is 0 Å². The fraction of sp³-hybridized carbons (Fsp3) is 1.00. The lowest BCUT2D eigenvalue weighted by atomic mass is 9.98. The molecule has 0 saturated carbocycles. The molecule has 0 aliphatic rings. The lowest BCUT2D eigenvalue weighted by Crippen LogP contribution is -2.37. The molecule has 0 spiro atoms. The van der Waals surface area contributed by atoms with Crippen LogP contribution in [-0.4, -0.2) is 22.4 Å². The second kappa shape index (κ2) is 5.99. The highest BCUT2D eigenvalue weighted by atomic mass is 17.0. The highest BCUT2D eigenvalue weighted by molar-refractivity contribution is 4.69. The molecule has 0 aromatic heterocycles. The van der Waals surface area contributed by atoms with Crippen LogP contribution in [0, 0.1) is 26.1 Å². The highest BCUT2D eigenvalue weighted by Crippen LogP contribution is 2.17. The van der Waals surface area contributed by atoms with E-state index in [9.17, 15) is 20.2 Å². The summed E-state index contributed by atoms with van der Waals surface area (Å²) >= 11 is 0. The van der Waals surface area contributed by atoms with Gasteiger partial charge in [0.25, 0.3) is 10.2 Å². The van der Waals surface area contributed by atoms with Gasteiger partial charge in [0, 0.05) is 0 Å². The van der Waals surface area contributed by atoms with Crippen LogP contribution in [0.15, 0.2) is 0 Å². The van der Waals surface area contributed by atoms with Crippen molar-refractivity contribution in [3.05, 3.63) is 20.2 Å². The van der Waals surface area contributed by atoms with Crippen molar-refractivity contribution in [2.45, 2.75) is 39.4 Å². The van der Waals surface area contributed by atoms with Crippen molar-refractivity contribution in [1.82, 2.24) is 0 Å². The van der Waals surface area contributed by atoms with Gasteiger partial charge in [0.2, 0.25) is 0 Å². The van der Waals surface area contributed by atoms with Crippen molar-refractivity contribution in [3.63, 3.8) is 0 Å². The molecule has 0 aliphatic heterocycles. The molecule has 0 rings (SSSR count). The maximum absolute atomic E-state index is 10.2. The minimum atomic E-state index is -0.983. The van der Waals surface area contributed by atoms with Gasteiger partial charge in [-0.1, -0.05) is 20.3 Å². The first kappa shape index (κ1) is 13.4. The Kier molecular flexibility index (Phi) is 5.35. The Morgan fingerprint density at radius 3 is 1.93 bits per heavy atom. The Labute approximate surface area is 86.4 Å². The summed E-state index contributed by atoms with van der Waals surface area (Å²) < 4.78 is 0. The van der Waals surface area contributed by atoms with Gasteiger partial charge in [0.1, 0.15) is 12.2 Å². The fourth-order valence-corrected chi connectivity index (χ4v) is 1.18. The minimum Gasteiger partial charge on any atom is -0.309 e. The summed E-state index contributed by atoms with van der Waals surface area (Å²) in [6.07, 6.45) is -1.31. The molecular formula is C7H14N2O6. The maximum Gasteiger partial charge on any atom is 0.294 e. The third-order valence-electron chi connectivity index (χ3n) is 2.13.